The van der Waals surface area contributed by atoms with Crippen LogP contribution in [-0.4, -0.2) is 24.1 Å². The molecule has 122 valence electrons. The minimum absolute atomic E-state index is 0.120. The molecule has 0 radical (unpaired) electrons. The molecule has 0 saturated carbocycles. The highest BCUT2D eigenvalue weighted by molar-refractivity contribution is 7.79. The fraction of sp³-hybridized carbons (Fsp3) is 0.765. The maximum Gasteiger partial charge on any atom is 0.0943 e. The summed E-state index contributed by atoms with van der Waals surface area (Å²) in [6, 6.07) is 0. The molecule has 0 heterocycles. The van der Waals surface area contributed by atoms with Gasteiger partial charge >= 0.3 is 0 Å². The zero-order chi connectivity index (χ0) is 16.7. The summed E-state index contributed by atoms with van der Waals surface area (Å²) in [5, 5.41) is 7.77. The van der Waals surface area contributed by atoms with E-state index in [4.69, 9.17) is 10.1 Å². The van der Waals surface area contributed by atoms with Crippen LogP contribution in [0.4, 0.5) is 0 Å². The van der Waals surface area contributed by atoms with Crippen molar-refractivity contribution in [2.75, 3.05) is 7.11 Å². The zero-order valence-corrected chi connectivity index (χ0v) is 15.6. The quantitative estimate of drug-likeness (QED) is 0.442. The maximum absolute atomic E-state index is 7.77. The number of rotatable bonds is 9. The molecule has 0 aromatic heterocycles. The van der Waals surface area contributed by atoms with Crippen LogP contribution in [0, 0.1) is 10.8 Å². The second-order valence-electron chi connectivity index (χ2n) is 6.32. The van der Waals surface area contributed by atoms with Crippen molar-refractivity contribution in [3.05, 3.63) is 11.6 Å². The molecule has 0 amide bonds. The first-order valence-electron chi connectivity index (χ1n) is 7.71. The van der Waals surface area contributed by atoms with E-state index >= 15 is 0 Å². The molecule has 0 aromatic carbocycles. The smallest absolute Gasteiger partial charge is 0.0943 e. The predicted octanol–water partition coefficient (Wildman–Crippen LogP) is 5.27. The minimum atomic E-state index is -0.153. The van der Waals surface area contributed by atoms with Gasteiger partial charge in [0, 0.05) is 7.11 Å². The second-order valence-corrected chi connectivity index (χ2v) is 6.52. The molecule has 0 bridgehead atoms. The third-order valence-electron chi connectivity index (χ3n) is 4.97. The van der Waals surface area contributed by atoms with E-state index in [0.29, 0.717) is 11.4 Å². The van der Waals surface area contributed by atoms with Crippen molar-refractivity contribution in [3.63, 3.8) is 0 Å². The molecule has 0 saturated heterocycles. The molecule has 0 aliphatic heterocycles. The van der Waals surface area contributed by atoms with E-state index in [0.717, 1.165) is 31.3 Å². The Labute approximate surface area is 136 Å². The molecule has 1 N–H and O–H groups in total. The Morgan fingerprint density at radius 2 is 1.86 bits per heavy atom. The van der Waals surface area contributed by atoms with Gasteiger partial charge in [0.2, 0.25) is 0 Å². The van der Waals surface area contributed by atoms with Gasteiger partial charge in [-0.2, -0.15) is 0 Å². The van der Waals surface area contributed by atoms with Crippen LogP contribution in [0.5, 0.6) is 0 Å². The largest absolute Gasteiger partial charge is 0.378 e. The summed E-state index contributed by atoms with van der Waals surface area (Å²) in [6.45, 7) is 12.7. The van der Waals surface area contributed by atoms with Gasteiger partial charge in [0.05, 0.1) is 17.0 Å². The van der Waals surface area contributed by atoms with Crippen LogP contribution in [0.25, 0.3) is 0 Å². The van der Waals surface area contributed by atoms with Crippen molar-refractivity contribution in [1.82, 2.24) is 0 Å². The molecule has 0 spiro atoms. The van der Waals surface area contributed by atoms with Crippen LogP contribution in [0.1, 0.15) is 67.2 Å². The number of nitrogens with zero attached hydrogens (tertiary/aromatic N) is 1. The average molecular weight is 313 g/mol. The van der Waals surface area contributed by atoms with Gasteiger partial charge in [-0.1, -0.05) is 26.8 Å². The lowest BCUT2D eigenvalue weighted by Crippen LogP contribution is -2.42. The Morgan fingerprint density at radius 1 is 1.29 bits per heavy atom. The van der Waals surface area contributed by atoms with Crippen LogP contribution in [-0.2, 0) is 4.74 Å². The van der Waals surface area contributed by atoms with Crippen molar-refractivity contribution < 1.29 is 4.74 Å². The topological polar surface area (TPSA) is 45.4 Å². The predicted molar refractivity (Wildman–Crippen MR) is 96.9 cm³/mol. The highest BCUT2D eigenvalue weighted by Crippen LogP contribution is 2.41. The molecule has 0 fully saturated rings. The highest BCUT2D eigenvalue weighted by Gasteiger charge is 2.38. The van der Waals surface area contributed by atoms with Gasteiger partial charge in [-0.05, 0) is 70.3 Å². The number of hydrogen-bond donors (Lipinski definition) is 2. The number of methoxy groups -OCH3 is 1. The molecule has 1 atom stereocenters. The first kappa shape index (κ1) is 20.4. The van der Waals surface area contributed by atoms with Crippen LogP contribution < -0.4 is 0 Å². The van der Waals surface area contributed by atoms with Crippen LogP contribution >= 0.6 is 12.8 Å². The summed E-state index contributed by atoms with van der Waals surface area (Å²) >= 11 is 3.99. The van der Waals surface area contributed by atoms with Gasteiger partial charge in [-0.3, -0.25) is 0 Å². The average Bonchev–Trinajstić information content (AvgIpc) is 2.45. The Morgan fingerprint density at radius 3 is 2.19 bits per heavy atom. The Balaban J connectivity index is 5.06. The summed E-state index contributed by atoms with van der Waals surface area (Å²) in [5.74, 6) is 0. The van der Waals surface area contributed by atoms with E-state index in [1.807, 2.05) is 0 Å². The number of nitrogens with one attached hydrogen (secondary N) is 1. The number of hydrogen-bond acceptors (Lipinski definition) is 4. The van der Waals surface area contributed by atoms with Gasteiger partial charge in [0.15, 0.2) is 0 Å². The third-order valence-corrected chi connectivity index (χ3v) is 5.17. The van der Waals surface area contributed by atoms with E-state index in [1.54, 1.807) is 14.0 Å². The molecular weight excluding hydrogens is 280 g/mol. The van der Waals surface area contributed by atoms with E-state index in [9.17, 15) is 0 Å². The summed E-state index contributed by atoms with van der Waals surface area (Å²) in [5.41, 5.74) is 2.24. The Hall–Kier alpha value is -0.610. The molecule has 21 heavy (non-hydrogen) atoms. The molecule has 0 rings (SSSR count). The monoisotopic (exact) mass is 312 g/mol. The molecule has 0 aromatic rings. The molecule has 3 nitrogen and oxygen atoms in total. The van der Waals surface area contributed by atoms with Gasteiger partial charge in [0.25, 0.3) is 0 Å². The highest BCUT2D eigenvalue weighted by atomic mass is 32.1. The first-order chi connectivity index (χ1) is 9.69. The summed E-state index contributed by atoms with van der Waals surface area (Å²) < 4.78 is 9.65. The zero-order valence-electron chi connectivity index (χ0n) is 14.7. The fourth-order valence-electron chi connectivity index (χ4n) is 2.50. The molecule has 0 aliphatic carbocycles. The van der Waals surface area contributed by atoms with Gasteiger partial charge in [0.1, 0.15) is 0 Å². The standard InChI is InChI=1S/C17H32N2OS/c1-8-14(15(19-21)13(3)18)11-10-12-17(6,9-2)16(4,5)20-7/h11,18,21H,8-10,12H2,1-7H3/b14-11+,18-13?,19-15+. The van der Waals surface area contributed by atoms with E-state index in [1.165, 1.54) is 0 Å². The summed E-state index contributed by atoms with van der Waals surface area (Å²) in [6.07, 6.45) is 6.14. The van der Waals surface area contributed by atoms with Crippen LogP contribution in [0.2, 0.25) is 0 Å². The SMILES string of the molecule is CCC(=C\CCC(C)(CC)C(C)(C)OC)/C(=N/S)C(C)=N. The maximum atomic E-state index is 7.77. The minimum Gasteiger partial charge on any atom is -0.378 e. The van der Waals surface area contributed by atoms with Crippen molar-refractivity contribution in [2.45, 2.75) is 72.8 Å². The van der Waals surface area contributed by atoms with Crippen LogP contribution in [0.15, 0.2) is 16.0 Å². The first-order valence-corrected chi connectivity index (χ1v) is 8.11. The number of thiol groups is 1. The normalized spacial score (nSPS) is 16.8. The second kappa shape index (κ2) is 8.74. The lowest BCUT2D eigenvalue weighted by atomic mass is 9.70. The Kier molecular flexibility index (Phi) is 8.49. The van der Waals surface area contributed by atoms with E-state index < -0.39 is 0 Å². The van der Waals surface area contributed by atoms with E-state index in [-0.39, 0.29) is 11.0 Å². The molecule has 4 heteroatoms. The fourth-order valence-corrected chi connectivity index (χ4v) is 2.78. The van der Waals surface area contributed by atoms with Crippen molar-refractivity contribution in [1.29, 1.82) is 5.41 Å². The summed E-state index contributed by atoms with van der Waals surface area (Å²) in [4.78, 5) is 0. The van der Waals surface area contributed by atoms with Gasteiger partial charge in [-0.25, -0.2) is 4.40 Å². The molecule has 0 aliphatic rings. The van der Waals surface area contributed by atoms with Crippen LogP contribution in [0.3, 0.4) is 0 Å². The van der Waals surface area contributed by atoms with Crippen molar-refractivity contribution in [2.24, 2.45) is 9.81 Å². The molecule has 1 unspecified atom stereocenters. The third kappa shape index (κ3) is 5.26. The van der Waals surface area contributed by atoms with Crippen molar-refractivity contribution >= 4 is 24.2 Å². The molecular formula is C17H32N2OS. The van der Waals surface area contributed by atoms with E-state index in [2.05, 4.69) is 57.9 Å². The van der Waals surface area contributed by atoms with Gasteiger partial charge in [-0.15, -0.1) is 0 Å². The number of allylic oxidation sites excluding steroid dienone is 2. The van der Waals surface area contributed by atoms with Gasteiger partial charge < -0.3 is 10.1 Å². The Bertz CT molecular complexity index is 413. The lowest BCUT2D eigenvalue weighted by molar-refractivity contribution is -0.0849. The number of ether oxygens (including phenoxy) is 1. The summed E-state index contributed by atoms with van der Waals surface area (Å²) in [7, 11) is 1.78. The van der Waals surface area contributed by atoms with Crippen molar-refractivity contribution in [3.8, 4) is 0 Å². The lowest BCUT2D eigenvalue weighted by Gasteiger charge is -2.43.